The minimum atomic E-state index is 0.475. The highest BCUT2D eigenvalue weighted by Crippen LogP contribution is 2.33. The molecule has 1 aliphatic rings. The topological polar surface area (TPSA) is 48.1 Å². The Bertz CT molecular complexity index is 343. The summed E-state index contributed by atoms with van der Waals surface area (Å²) >= 11 is 1.80. The van der Waals surface area contributed by atoms with Crippen molar-refractivity contribution in [3.05, 3.63) is 15.6 Å². The highest BCUT2D eigenvalue weighted by molar-refractivity contribution is 7.11. The number of ether oxygens (including phenoxy) is 1. The van der Waals surface area contributed by atoms with Crippen molar-refractivity contribution in [1.82, 2.24) is 4.98 Å². The van der Waals surface area contributed by atoms with Crippen LogP contribution in [0.25, 0.3) is 0 Å². The van der Waals surface area contributed by atoms with Gasteiger partial charge in [-0.05, 0) is 18.8 Å². The summed E-state index contributed by atoms with van der Waals surface area (Å²) in [6.45, 7) is 6.73. The largest absolute Gasteiger partial charge is 0.381 e. The third-order valence-electron chi connectivity index (χ3n) is 3.05. The maximum atomic E-state index is 5.78. The standard InChI is InChI=1S/C12H20N2OS/c1-8(2)11-10(7-13)16-12(14-11)9-3-5-15-6-4-9/h8-9H,3-7,13H2,1-2H3. The van der Waals surface area contributed by atoms with Crippen molar-refractivity contribution < 1.29 is 4.74 Å². The van der Waals surface area contributed by atoms with E-state index in [9.17, 15) is 0 Å². The number of hydrogen-bond donors (Lipinski definition) is 1. The molecule has 1 fully saturated rings. The lowest BCUT2D eigenvalue weighted by Crippen LogP contribution is -2.13. The van der Waals surface area contributed by atoms with E-state index in [4.69, 9.17) is 15.5 Å². The SMILES string of the molecule is CC(C)c1nc(C2CCOCC2)sc1CN. The second kappa shape index (κ2) is 5.25. The van der Waals surface area contributed by atoms with Crippen molar-refractivity contribution in [1.29, 1.82) is 0 Å². The second-order valence-electron chi connectivity index (χ2n) is 4.61. The van der Waals surface area contributed by atoms with Crippen LogP contribution in [-0.2, 0) is 11.3 Å². The molecule has 16 heavy (non-hydrogen) atoms. The Morgan fingerprint density at radius 1 is 1.44 bits per heavy atom. The van der Waals surface area contributed by atoms with Crippen molar-refractivity contribution in [3.63, 3.8) is 0 Å². The van der Waals surface area contributed by atoms with Gasteiger partial charge in [-0.3, -0.25) is 0 Å². The zero-order valence-electron chi connectivity index (χ0n) is 10.0. The molecule has 1 aromatic rings. The van der Waals surface area contributed by atoms with Crippen LogP contribution >= 0.6 is 11.3 Å². The summed E-state index contributed by atoms with van der Waals surface area (Å²) in [5, 5.41) is 1.27. The highest BCUT2D eigenvalue weighted by atomic mass is 32.1. The molecule has 0 unspecified atom stereocenters. The molecule has 4 heteroatoms. The fourth-order valence-electron chi connectivity index (χ4n) is 2.10. The first kappa shape index (κ1) is 12.0. The molecule has 3 nitrogen and oxygen atoms in total. The first-order chi connectivity index (χ1) is 7.72. The summed E-state index contributed by atoms with van der Waals surface area (Å²) in [7, 11) is 0. The summed E-state index contributed by atoms with van der Waals surface area (Å²) in [6, 6.07) is 0. The van der Waals surface area contributed by atoms with Gasteiger partial charge in [0.2, 0.25) is 0 Å². The maximum absolute atomic E-state index is 5.78. The zero-order chi connectivity index (χ0) is 11.5. The molecule has 90 valence electrons. The van der Waals surface area contributed by atoms with Crippen molar-refractivity contribution in [2.24, 2.45) is 5.73 Å². The summed E-state index contributed by atoms with van der Waals surface area (Å²) in [5.41, 5.74) is 6.98. The van der Waals surface area contributed by atoms with Crippen LogP contribution < -0.4 is 5.73 Å². The van der Waals surface area contributed by atoms with Gasteiger partial charge in [-0.15, -0.1) is 11.3 Å². The second-order valence-corrected chi connectivity index (χ2v) is 5.72. The molecule has 0 atom stereocenters. The van der Waals surface area contributed by atoms with Crippen molar-refractivity contribution >= 4 is 11.3 Å². The van der Waals surface area contributed by atoms with Gasteiger partial charge in [-0.25, -0.2) is 4.98 Å². The molecule has 1 saturated heterocycles. The van der Waals surface area contributed by atoms with E-state index in [0.717, 1.165) is 26.1 Å². The zero-order valence-corrected chi connectivity index (χ0v) is 10.8. The van der Waals surface area contributed by atoms with Gasteiger partial charge in [0.15, 0.2) is 0 Å². The molecule has 0 aliphatic carbocycles. The van der Waals surface area contributed by atoms with Crippen LogP contribution in [0.4, 0.5) is 0 Å². The van der Waals surface area contributed by atoms with Crippen LogP contribution in [0, 0.1) is 0 Å². The fourth-order valence-corrected chi connectivity index (χ4v) is 3.37. The van der Waals surface area contributed by atoms with E-state index in [0.29, 0.717) is 18.4 Å². The van der Waals surface area contributed by atoms with E-state index in [1.807, 2.05) is 0 Å². The van der Waals surface area contributed by atoms with Crippen molar-refractivity contribution in [2.45, 2.75) is 45.1 Å². The summed E-state index contributed by atoms with van der Waals surface area (Å²) in [6.07, 6.45) is 2.21. The van der Waals surface area contributed by atoms with E-state index in [-0.39, 0.29) is 0 Å². The van der Waals surface area contributed by atoms with Crippen LogP contribution in [-0.4, -0.2) is 18.2 Å². The van der Waals surface area contributed by atoms with Crippen molar-refractivity contribution in [3.8, 4) is 0 Å². The van der Waals surface area contributed by atoms with Crippen LogP contribution in [0.5, 0.6) is 0 Å². The van der Waals surface area contributed by atoms with Gasteiger partial charge in [-0.1, -0.05) is 13.8 Å². The minimum Gasteiger partial charge on any atom is -0.381 e. The average molecular weight is 240 g/mol. The van der Waals surface area contributed by atoms with Gasteiger partial charge >= 0.3 is 0 Å². The molecule has 0 radical (unpaired) electrons. The Kier molecular flexibility index (Phi) is 3.95. The highest BCUT2D eigenvalue weighted by Gasteiger charge is 2.22. The number of rotatable bonds is 3. The van der Waals surface area contributed by atoms with E-state index in [2.05, 4.69) is 13.8 Å². The molecule has 0 spiro atoms. The molecular weight excluding hydrogens is 220 g/mol. The van der Waals surface area contributed by atoms with Gasteiger partial charge in [0.1, 0.15) is 0 Å². The van der Waals surface area contributed by atoms with Gasteiger partial charge < -0.3 is 10.5 Å². The minimum absolute atomic E-state index is 0.475. The molecule has 2 rings (SSSR count). The fraction of sp³-hybridized carbons (Fsp3) is 0.750. The van der Waals surface area contributed by atoms with E-state index in [1.54, 1.807) is 11.3 Å². The smallest absolute Gasteiger partial charge is 0.0964 e. The molecule has 2 heterocycles. The lowest BCUT2D eigenvalue weighted by atomic mass is 10.0. The van der Waals surface area contributed by atoms with Gasteiger partial charge in [-0.2, -0.15) is 0 Å². The molecule has 2 N–H and O–H groups in total. The predicted molar refractivity (Wildman–Crippen MR) is 66.9 cm³/mol. The quantitative estimate of drug-likeness (QED) is 0.883. The van der Waals surface area contributed by atoms with Crippen LogP contribution in [0.2, 0.25) is 0 Å². The molecule has 0 amide bonds. The molecular formula is C12H20N2OS. The van der Waals surface area contributed by atoms with Gasteiger partial charge in [0.25, 0.3) is 0 Å². The lowest BCUT2D eigenvalue weighted by molar-refractivity contribution is 0.0852. The number of nitrogens with zero attached hydrogens (tertiary/aromatic N) is 1. The number of hydrogen-bond acceptors (Lipinski definition) is 4. The third-order valence-corrected chi connectivity index (χ3v) is 4.30. The van der Waals surface area contributed by atoms with Crippen molar-refractivity contribution in [2.75, 3.05) is 13.2 Å². The van der Waals surface area contributed by atoms with E-state index >= 15 is 0 Å². The van der Waals surface area contributed by atoms with Crippen LogP contribution in [0.3, 0.4) is 0 Å². The first-order valence-electron chi connectivity index (χ1n) is 5.99. The lowest BCUT2D eigenvalue weighted by Gasteiger charge is -2.19. The summed E-state index contributed by atoms with van der Waals surface area (Å²) in [4.78, 5) is 6.05. The summed E-state index contributed by atoms with van der Waals surface area (Å²) < 4.78 is 5.38. The maximum Gasteiger partial charge on any atom is 0.0964 e. The predicted octanol–water partition coefficient (Wildman–Crippen LogP) is 2.62. The Labute approximate surface area is 101 Å². The number of nitrogens with two attached hydrogens (primary N) is 1. The summed E-state index contributed by atoms with van der Waals surface area (Å²) in [5.74, 6) is 1.07. The van der Waals surface area contributed by atoms with Gasteiger partial charge in [0.05, 0.1) is 10.7 Å². The molecule has 1 aromatic heterocycles. The van der Waals surface area contributed by atoms with E-state index < -0.39 is 0 Å². The van der Waals surface area contributed by atoms with Crippen LogP contribution in [0.1, 0.15) is 54.1 Å². The molecule has 0 bridgehead atoms. The molecule has 0 saturated carbocycles. The Hall–Kier alpha value is -0.450. The Morgan fingerprint density at radius 3 is 2.62 bits per heavy atom. The average Bonchev–Trinajstić information content (AvgIpc) is 2.74. The first-order valence-corrected chi connectivity index (χ1v) is 6.81. The number of thiazole rings is 1. The Morgan fingerprint density at radius 2 is 2.12 bits per heavy atom. The van der Waals surface area contributed by atoms with E-state index in [1.165, 1.54) is 15.6 Å². The third kappa shape index (κ3) is 2.44. The van der Waals surface area contributed by atoms with Gasteiger partial charge in [0, 0.05) is 30.6 Å². The normalized spacial score (nSPS) is 18.2. The molecule has 0 aromatic carbocycles. The van der Waals surface area contributed by atoms with Crippen LogP contribution in [0.15, 0.2) is 0 Å². The monoisotopic (exact) mass is 240 g/mol. The Balaban J connectivity index is 2.20. The molecule has 1 aliphatic heterocycles. The number of aromatic nitrogens is 1.